The monoisotopic (exact) mass is 665 g/mol. The summed E-state index contributed by atoms with van der Waals surface area (Å²) in [5.74, 6) is -2.73. The Kier molecular flexibility index (Phi) is 29.3. The van der Waals surface area contributed by atoms with Crippen LogP contribution in [0, 0.1) is 56.6 Å². The zero-order valence-electron chi connectivity index (χ0n) is 25.5. The van der Waals surface area contributed by atoms with Crippen LogP contribution < -0.4 is 15.3 Å². The van der Waals surface area contributed by atoms with Gasteiger partial charge in [-0.25, -0.2) is 0 Å². The van der Waals surface area contributed by atoms with Crippen LogP contribution in [0.25, 0.3) is 0 Å². The molecule has 219 valence electrons. The minimum Gasteiger partial charge on any atom is -0.550 e. The average Bonchev–Trinajstić information content (AvgIpc) is 2.82. The van der Waals surface area contributed by atoms with Crippen LogP contribution in [0.4, 0.5) is 0 Å². The Morgan fingerprint density at radius 1 is 0.486 bits per heavy atom. The first-order valence-corrected chi connectivity index (χ1v) is 14.3. The number of hydrogen-bond acceptors (Lipinski definition) is 6. The van der Waals surface area contributed by atoms with Crippen molar-refractivity contribution in [3.8, 4) is 0 Å². The van der Waals surface area contributed by atoms with E-state index < -0.39 is 34.2 Å². The molecule has 0 bridgehead atoms. The maximum absolute atomic E-state index is 10.7. The number of hydrogen-bond donors (Lipinski definition) is 0. The molecule has 0 saturated carbocycles. The Balaban J connectivity index is -0.000000218. The molecule has 0 aromatic heterocycles. The number of carboxylic acid groups (broad SMARTS) is 3. The van der Waals surface area contributed by atoms with Crippen LogP contribution in [0.1, 0.15) is 159 Å². The quantitative estimate of drug-likeness (QED) is 0.186. The van der Waals surface area contributed by atoms with Gasteiger partial charge >= 0.3 is 40.4 Å². The molecular weight excluding hydrogens is 607 g/mol. The molecule has 2 atom stereocenters. The third-order valence-corrected chi connectivity index (χ3v) is 7.42. The Morgan fingerprint density at radius 3 is 1.03 bits per heavy atom. The van der Waals surface area contributed by atoms with Gasteiger partial charge in [-0.15, -0.1) is 0 Å². The smallest absolute Gasteiger partial charge is 0.550 e. The fourth-order valence-corrected chi connectivity index (χ4v) is 3.47. The van der Waals surface area contributed by atoms with Crippen molar-refractivity contribution < 1.29 is 70.1 Å². The summed E-state index contributed by atoms with van der Waals surface area (Å²) in [4.78, 5) is 32.0. The first kappa shape index (κ1) is 43.8. The van der Waals surface area contributed by atoms with E-state index in [1.165, 1.54) is 12.8 Å². The fraction of sp³-hybridized carbons (Fsp3) is 0.900. The van der Waals surface area contributed by atoms with Gasteiger partial charge in [-0.2, -0.15) is 0 Å². The Hall–Kier alpha value is -0.252. The average molecular weight is 664 g/mol. The summed E-state index contributed by atoms with van der Waals surface area (Å²) in [6.45, 7) is 17.2. The molecule has 0 aromatic rings. The van der Waals surface area contributed by atoms with Gasteiger partial charge in [-0.1, -0.05) is 127 Å². The molecule has 0 aliphatic rings. The Morgan fingerprint density at radius 2 is 0.784 bits per heavy atom. The van der Waals surface area contributed by atoms with Crippen LogP contribution in [0.15, 0.2) is 0 Å². The molecule has 0 fully saturated rings. The van der Waals surface area contributed by atoms with Crippen molar-refractivity contribution >= 4 is 17.9 Å². The predicted molar refractivity (Wildman–Crippen MR) is 143 cm³/mol. The van der Waals surface area contributed by atoms with Crippen LogP contribution in [0.3, 0.4) is 0 Å². The Bertz CT molecular complexity index is 559. The van der Waals surface area contributed by atoms with Crippen molar-refractivity contribution in [3.63, 3.8) is 0 Å². The molecule has 0 aromatic carbocycles. The van der Waals surface area contributed by atoms with E-state index in [-0.39, 0.29) is 40.4 Å². The first-order chi connectivity index (χ1) is 16.6. The van der Waals surface area contributed by atoms with Gasteiger partial charge in [0.15, 0.2) is 0 Å². The molecule has 0 saturated heterocycles. The van der Waals surface area contributed by atoms with Crippen LogP contribution >= 0.6 is 0 Å². The molecule has 0 heterocycles. The summed E-state index contributed by atoms with van der Waals surface area (Å²) in [6, 6.07) is 0. The van der Waals surface area contributed by atoms with Crippen LogP contribution in [-0.4, -0.2) is 17.9 Å². The molecule has 0 aliphatic heterocycles. The molecule has 7 heteroatoms. The molecule has 0 amide bonds. The third-order valence-electron chi connectivity index (χ3n) is 7.42. The maximum atomic E-state index is 10.7. The molecule has 0 spiro atoms. The summed E-state index contributed by atoms with van der Waals surface area (Å²) >= 11 is 0. The molecule has 37 heavy (non-hydrogen) atoms. The van der Waals surface area contributed by atoms with E-state index in [1.54, 1.807) is 27.7 Å². The molecule has 6 nitrogen and oxygen atoms in total. The summed E-state index contributed by atoms with van der Waals surface area (Å²) < 4.78 is 0. The van der Waals surface area contributed by atoms with Crippen LogP contribution in [0.2, 0.25) is 0 Å². The molecule has 1 radical (unpaired) electrons. The van der Waals surface area contributed by atoms with Crippen molar-refractivity contribution in [2.45, 2.75) is 159 Å². The topological polar surface area (TPSA) is 120 Å². The molecular formula is C30H57O6Sm. The number of aliphatic carboxylic acids is 3. The van der Waals surface area contributed by atoms with E-state index in [2.05, 4.69) is 20.8 Å². The Labute approximate surface area is 261 Å². The minimum atomic E-state index is -0.931. The van der Waals surface area contributed by atoms with Crippen molar-refractivity contribution in [2.75, 3.05) is 0 Å². The van der Waals surface area contributed by atoms with Crippen LogP contribution in [-0.2, 0) is 14.4 Å². The number of carboxylic acids is 3. The second-order valence-electron chi connectivity index (χ2n) is 11.3. The van der Waals surface area contributed by atoms with E-state index in [0.717, 1.165) is 70.6 Å². The van der Waals surface area contributed by atoms with E-state index in [4.69, 9.17) is 0 Å². The molecule has 0 N–H and O–H groups in total. The van der Waals surface area contributed by atoms with Crippen molar-refractivity contribution in [3.05, 3.63) is 0 Å². The maximum Gasteiger partial charge on any atom is 3.00 e. The molecule has 0 aliphatic carbocycles. The van der Waals surface area contributed by atoms with Gasteiger partial charge < -0.3 is 29.7 Å². The predicted octanol–water partition coefficient (Wildman–Crippen LogP) is 5.20. The van der Waals surface area contributed by atoms with Crippen molar-refractivity contribution in [1.29, 1.82) is 0 Å². The second kappa shape index (κ2) is 24.8. The number of carbonyl (C=O) groups is 3. The number of rotatable bonds is 18. The summed E-state index contributed by atoms with van der Waals surface area (Å²) in [5, 5.41) is 32.0. The zero-order valence-corrected chi connectivity index (χ0v) is 28.1. The van der Waals surface area contributed by atoms with Crippen LogP contribution in [0.5, 0.6) is 0 Å². The molecule has 0 rings (SSSR count). The normalized spacial score (nSPS) is 13.9. The third kappa shape index (κ3) is 22.3. The van der Waals surface area contributed by atoms with Crippen molar-refractivity contribution in [2.24, 2.45) is 16.2 Å². The van der Waals surface area contributed by atoms with E-state index in [9.17, 15) is 29.7 Å². The summed E-state index contributed by atoms with van der Waals surface area (Å²) in [6.07, 6.45) is 14.6. The van der Waals surface area contributed by atoms with Gasteiger partial charge in [0.05, 0.1) is 0 Å². The zero-order chi connectivity index (χ0) is 28.8. The second-order valence-corrected chi connectivity index (χ2v) is 11.3. The SMILES string of the molecule is CCCCCC(C)(CC)C(=O)[O-].CCCCCC(C)(CC)C(=O)[O-].CCCCCCC(C)(C)C(=O)[O-].[Sm+3]. The summed E-state index contributed by atoms with van der Waals surface area (Å²) in [7, 11) is 0. The molecule has 2 unspecified atom stereocenters. The standard InChI is InChI=1S/3C10H20O2.Sm/c1-4-5-6-7-8-10(2,3)9(11)12;2*1-4-6-7-8-10(3,5-2)9(11)12;/h3*4-8H2,1-3H3,(H,11,12);/q;;;+3/p-3. The van der Waals surface area contributed by atoms with E-state index in [0.29, 0.717) is 12.8 Å². The fourth-order valence-electron chi connectivity index (χ4n) is 3.47. The van der Waals surface area contributed by atoms with Gasteiger partial charge in [-0.3, -0.25) is 0 Å². The van der Waals surface area contributed by atoms with Gasteiger partial charge in [0.1, 0.15) is 0 Å². The van der Waals surface area contributed by atoms with Gasteiger partial charge in [0, 0.05) is 34.2 Å². The van der Waals surface area contributed by atoms with E-state index >= 15 is 0 Å². The summed E-state index contributed by atoms with van der Waals surface area (Å²) in [5.41, 5.74) is -1.85. The largest absolute Gasteiger partial charge is 3.00 e. The van der Waals surface area contributed by atoms with E-state index in [1.807, 2.05) is 13.8 Å². The minimum absolute atomic E-state index is 0. The van der Waals surface area contributed by atoms with Gasteiger partial charge in [-0.05, 0) is 32.1 Å². The number of unbranched alkanes of at least 4 members (excludes halogenated alkanes) is 7. The van der Waals surface area contributed by atoms with Crippen molar-refractivity contribution in [1.82, 2.24) is 0 Å². The van der Waals surface area contributed by atoms with Gasteiger partial charge in [0.2, 0.25) is 0 Å². The first-order valence-electron chi connectivity index (χ1n) is 14.3. The number of carbonyl (C=O) groups excluding carboxylic acids is 3. The van der Waals surface area contributed by atoms with Gasteiger partial charge in [0.25, 0.3) is 0 Å².